The zero-order valence-corrected chi connectivity index (χ0v) is 16.9. The van der Waals surface area contributed by atoms with Crippen molar-refractivity contribution in [1.82, 2.24) is 16.0 Å². The van der Waals surface area contributed by atoms with Crippen LogP contribution in [0, 0.1) is 6.92 Å². The predicted molar refractivity (Wildman–Crippen MR) is 110 cm³/mol. The number of hydrogen-bond donors (Lipinski definition) is 3. The summed E-state index contributed by atoms with van der Waals surface area (Å²) in [5.74, 6) is 0.680. The van der Waals surface area contributed by atoms with Crippen LogP contribution in [0.1, 0.15) is 43.2 Å². The maximum Gasteiger partial charge on any atom is 0.239 e. The molecule has 3 N–H and O–H groups in total. The third kappa shape index (κ3) is 7.51. The fourth-order valence-electron chi connectivity index (χ4n) is 2.80. The molecule has 24 heavy (non-hydrogen) atoms. The number of amides is 1. The van der Waals surface area contributed by atoms with Crippen LogP contribution in [0.5, 0.6) is 0 Å². The van der Waals surface area contributed by atoms with E-state index < -0.39 is 0 Å². The molecule has 5 nitrogen and oxygen atoms in total. The molecule has 0 saturated heterocycles. The lowest BCUT2D eigenvalue weighted by molar-refractivity contribution is -0.120. The number of benzene rings is 1. The van der Waals surface area contributed by atoms with Gasteiger partial charge in [0.1, 0.15) is 0 Å². The molecular formula is C18H29IN4O. The molecule has 134 valence electrons. The van der Waals surface area contributed by atoms with Gasteiger partial charge < -0.3 is 16.0 Å². The molecule has 0 unspecified atom stereocenters. The van der Waals surface area contributed by atoms with Gasteiger partial charge in [-0.15, -0.1) is 24.0 Å². The van der Waals surface area contributed by atoms with Crippen LogP contribution in [0.25, 0.3) is 0 Å². The lowest BCUT2D eigenvalue weighted by Crippen LogP contribution is -2.45. The van der Waals surface area contributed by atoms with Crippen LogP contribution >= 0.6 is 24.0 Å². The van der Waals surface area contributed by atoms with Crippen molar-refractivity contribution >= 4 is 35.8 Å². The van der Waals surface area contributed by atoms with Crippen molar-refractivity contribution < 1.29 is 4.79 Å². The number of carbonyl (C=O) groups excluding carboxylic acids is 1. The highest BCUT2D eigenvalue weighted by molar-refractivity contribution is 14.0. The molecule has 1 aliphatic rings. The average molecular weight is 444 g/mol. The van der Waals surface area contributed by atoms with Gasteiger partial charge in [-0.3, -0.25) is 9.79 Å². The quantitative estimate of drug-likeness (QED) is 0.372. The van der Waals surface area contributed by atoms with Gasteiger partial charge in [-0.2, -0.15) is 0 Å². The van der Waals surface area contributed by atoms with E-state index in [0.717, 1.165) is 12.8 Å². The summed E-state index contributed by atoms with van der Waals surface area (Å²) in [7, 11) is 1.71. The molecule has 0 radical (unpaired) electrons. The van der Waals surface area contributed by atoms with Crippen molar-refractivity contribution in [3.63, 3.8) is 0 Å². The number of carbonyl (C=O) groups is 1. The molecular weight excluding hydrogens is 415 g/mol. The number of guanidine groups is 1. The Morgan fingerprint density at radius 1 is 1.12 bits per heavy atom. The molecule has 2 rings (SSSR count). The van der Waals surface area contributed by atoms with Gasteiger partial charge in [0.15, 0.2) is 5.96 Å². The molecule has 0 aromatic heterocycles. The summed E-state index contributed by atoms with van der Waals surface area (Å²) < 4.78 is 0. The predicted octanol–water partition coefficient (Wildman–Crippen LogP) is 2.73. The maximum atomic E-state index is 12.0. The van der Waals surface area contributed by atoms with Crippen LogP contribution in [0.4, 0.5) is 0 Å². The first kappa shape index (κ1) is 20.7. The van der Waals surface area contributed by atoms with E-state index in [0.29, 0.717) is 18.5 Å². The van der Waals surface area contributed by atoms with Crippen molar-refractivity contribution in [3.8, 4) is 0 Å². The topological polar surface area (TPSA) is 65.5 Å². The summed E-state index contributed by atoms with van der Waals surface area (Å²) >= 11 is 0. The van der Waals surface area contributed by atoms with Crippen LogP contribution in [-0.4, -0.2) is 31.5 Å². The molecule has 0 atom stereocenters. The number of nitrogens with zero attached hydrogens (tertiary/aromatic N) is 1. The van der Waals surface area contributed by atoms with Gasteiger partial charge in [0.2, 0.25) is 5.91 Å². The van der Waals surface area contributed by atoms with Crippen molar-refractivity contribution in [2.75, 3.05) is 13.6 Å². The van der Waals surface area contributed by atoms with E-state index in [2.05, 4.69) is 52.1 Å². The number of nitrogens with one attached hydrogen (secondary N) is 3. The fraction of sp³-hybridized carbons (Fsp3) is 0.556. The van der Waals surface area contributed by atoms with Crippen molar-refractivity contribution in [1.29, 1.82) is 0 Å². The standard InChI is InChI=1S/C18H28N4O.HI/c1-14-8-10-15(11-9-14)12-20-18(19-2)21-13-17(23)22-16-6-4-3-5-7-16;/h8-11,16H,3-7,12-13H2,1-2H3,(H,22,23)(H2,19,20,21);1H. The monoisotopic (exact) mass is 444 g/mol. The summed E-state index contributed by atoms with van der Waals surface area (Å²) in [5, 5.41) is 9.38. The zero-order chi connectivity index (χ0) is 16.5. The Bertz CT molecular complexity index is 524. The Balaban J connectivity index is 0.00000288. The molecule has 1 fully saturated rings. The summed E-state index contributed by atoms with van der Waals surface area (Å²) in [6.45, 7) is 3.01. The van der Waals surface area contributed by atoms with E-state index in [-0.39, 0.29) is 36.4 Å². The van der Waals surface area contributed by atoms with Gasteiger partial charge in [0, 0.05) is 19.6 Å². The first-order valence-corrected chi connectivity index (χ1v) is 8.47. The van der Waals surface area contributed by atoms with Crippen molar-refractivity contribution in [2.24, 2.45) is 4.99 Å². The normalized spacial score (nSPS) is 15.3. The smallest absolute Gasteiger partial charge is 0.239 e. The van der Waals surface area contributed by atoms with Crippen LogP contribution in [0.3, 0.4) is 0 Å². The second kappa shape index (κ2) is 11.3. The highest BCUT2D eigenvalue weighted by Gasteiger charge is 2.15. The van der Waals surface area contributed by atoms with Crippen LogP contribution < -0.4 is 16.0 Å². The zero-order valence-electron chi connectivity index (χ0n) is 14.6. The van der Waals surface area contributed by atoms with Gasteiger partial charge in [0.25, 0.3) is 0 Å². The summed E-state index contributed by atoms with van der Waals surface area (Å²) in [4.78, 5) is 16.1. The lowest BCUT2D eigenvalue weighted by Gasteiger charge is -2.23. The van der Waals surface area contributed by atoms with Crippen LogP contribution in [0.2, 0.25) is 0 Å². The summed E-state index contributed by atoms with van der Waals surface area (Å²) in [6, 6.07) is 8.70. The van der Waals surface area contributed by atoms with Crippen LogP contribution in [0.15, 0.2) is 29.3 Å². The summed E-state index contributed by atoms with van der Waals surface area (Å²) in [6.07, 6.45) is 5.94. The molecule has 0 spiro atoms. The molecule has 1 saturated carbocycles. The second-order valence-corrected chi connectivity index (χ2v) is 6.17. The first-order valence-electron chi connectivity index (χ1n) is 8.47. The number of rotatable bonds is 5. The van der Waals surface area contributed by atoms with Crippen molar-refractivity contribution in [3.05, 3.63) is 35.4 Å². The van der Waals surface area contributed by atoms with Gasteiger partial charge in [-0.05, 0) is 25.3 Å². The number of halogens is 1. The number of hydrogen-bond acceptors (Lipinski definition) is 2. The molecule has 6 heteroatoms. The molecule has 1 amide bonds. The Kier molecular flexibility index (Phi) is 9.75. The summed E-state index contributed by atoms with van der Waals surface area (Å²) in [5.41, 5.74) is 2.43. The van der Waals surface area contributed by atoms with E-state index >= 15 is 0 Å². The third-order valence-electron chi connectivity index (χ3n) is 4.19. The lowest BCUT2D eigenvalue weighted by atomic mass is 9.95. The fourth-order valence-corrected chi connectivity index (χ4v) is 2.80. The van der Waals surface area contributed by atoms with Crippen LogP contribution in [-0.2, 0) is 11.3 Å². The van der Waals surface area contributed by atoms with E-state index in [9.17, 15) is 4.79 Å². The maximum absolute atomic E-state index is 12.0. The van der Waals surface area contributed by atoms with Gasteiger partial charge in [-0.25, -0.2) is 0 Å². The van der Waals surface area contributed by atoms with E-state index in [4.69, 9.17) is 0 Å². The van der Waals surface area contributed by atoms with E-state index in [1.807, 2.05) is 0 Å². The second-order valence-electron chi connectivity index (χ2n) is 6.17. The SMILES string of the molecule is CN=C(NCC(=O)NC1CCCCC1)NCc1ccc(C)cc1.I. The molecule has 1 aromatic carbocycles. The Hall–Kier alpha value is -1.31. The highest BCUT2D eigenvalue weighted by atomic mass is 127. The molecule has 1 aromatic rings. The molecule has 0 aliphatic heterocycles. The van der Waals surface area contributed by atoms with Gasteiger partial charge in [0.05, 0.1) is 6.54 Å². The van der Waals surface area contributed by atoms with Gasteiger partial charge in [-0.1, -0.05) is 49.1 Å². The Morgan fingerprint density at radius 3 is 2.42 bits per heavy atom. The van der Waals surface area contributed by atoms with E-state index in [1.54, 1.807) is 7.05 Å². The Labute approximate surface area is 162 Å². The Morgan fingerprint density at radius 2 is 1.79 bits per heavy atom. The molecule has 1 aliphatic carbocycles. The molecule has 0 heterocycles. The minimum atomic E-state index is 0. The van der Waals surface area contributed by atoms with Gasteiger partial charge >= 0.3 is 0 Å². The minimum Gasteiger partial charge on any atom is -0.352 e. The first-order chi connectivity index (χ1) is 11.2. The number of aryl methyl sites for hydroxylation is 1. The van der Waals surface area contributed by atoms with Crippen molar-refractivity contribution in [2.45, 2.75) is 51.6 Å². The minimum absolute atomic E-state index is 0. The largest absolute Gasteiger partial charge is 0.352 e. The highest BCUT2D eigenvalue weighted by Crippen LogP contribution is 2.17. The number of aliphatic imine (C=N–C) groups is 1. The molecule has 0 bridgehead atoms. The third-order valence-corrected chi connectivity index (χ3v) is 4.19. The van der Waals surface area contributed by atoms with E-state index in [1.165, 1.54) is 30.4 Å². The average Bonchev–Trinajstić information content (AvgIpc) is 2.57.